The van der Waals surface area contributed by atoms with Crippen molar-refractivity contribution in [1.82, 2.24) is 4.98 Å². The summed E-state index contributed by atoms with van der Waals surface area (Å²) in [7, 11) is 0. The molecule has 0 aliphatic heterocycles. The lowest BCUT2D eigenvalue weighted by Gasteiger charge is -1.96. The number of carbonyl (C=O) groups excluding carboxylic acids is 1. The van der Waals surface area contributed by atoms with E-state index in [1.54, 1.807) is 12.3 Å². The van der Waals surface area contributed by atoms with Gasteiger partial charge in [-0.25, -0.2) is 0 Å². The molecule has 1 aromatic carbocycles. The zero-order chi connectivity index (χ0) is 8.39. The SMILES string of the molecule is O=Cc1nccc2cc[c]cc12. The number of aldehydes is 1. The number of benzene rings is 1. The zero-order valence-electron chi connectivity index (χ0n) is 6.32. The van der Waals surface area contributed by atoms with Gasteiger partial charge in [0.2, 0.25) is 0 Å². The summed E-state index contributed by atoms with van der Waals surface area (Å²) < 4.78 is 0. The van der Waals surface area contributed by atoms with Crippen LogP contribution in [0.15, 0.2) is 30.5 Å². The average molecular weight is 156 g/mol. The molecule has 0 amide bonds. The molecule has 0 atom stereocenters. The Bertz CT molecular complexity index is 418. The highest BCUT2D eigenvalue weighted by molar-refractivity contribution is 5.95. The second-order valence-corrected chi connectivity index (χ2v) is 2.46. The molecule has 0 spiro atoms. The molecule has 0 bridgehead atoms. The third kappa shape index (κ3) is 0.975. The molecule has 2 nitrogen and oxygen atoms in total. The highest BCUT2D eigenvalue weighted by Crippen LogP contribution is 2.13. The van der Waals surface area contributed by atoms with E-state index in [4.69, 9.17) is 0 Å². The number of carbonyl (C=O) groups is 1. The number of aromatic nitrogens is 1. The first-order valence-corrected chi connectivity index (χ1v) is 3.62. The highest BCUT2D eigenvalue weighted by Gasteiger charge is 1.97. The lowest BCUT2D eigenvalue weighted by molar-refractivity contribution is 0.112. The maximum Gasteiger partial charge on any atom is 0.169 e. The van der Waals surface area contributed by atoms with Crippen molar-refractivity contribution in [2.45, 2.75) is 0 Å². The normalized spacial score (nSPS) is 10.0. The summed E-state index contributed by atoms with van der Waals surface area (Å²) >= 11 is 0. The Labute approximate surface area is 69.9 Å². The molecule has 2 heteroatoms. The molecule has 12 heavy (non-hydrogen) atoms. The largest absolute Gasteiger partial charge is 0.296 e. The van der Waals surface area contributed by atoms with Crippen LogP contribution in [0, 0.1) is 6.07 Å². The standard InChI is InChI=1S/C10H6NO/c12-7-10-9-4-2-1-3-8(9)5-6-11-10/h1,3-7H. The summed E-state index contributed by atoms with van der Waals surface area (Å²) in [5.41, 5.74) is 0.476. The summed E-state index contributed by atoms with van der Waals surface area (Å²) in [4.78, 5) is 14.5. The summed E-state index contributed by atoms with van der Waals surface area (Å²) in [6.45, 7) is 0. The minimum Gasteiger partial charge on any atom is -0.296 e. The number of hydrogen-bond acceptors (Lipinski definition) is 2. The van der Waals surface area contributed by atoms with Crippen molar-refractivity contribution in [2.24, 2.45) is 0 Å². The topological polar surface area (TPSA) is 30.0 Å². The molecule has 2 aromatic rings. The Balaban J connectivity index is 2.88. The average Bonchev–Trinajstić information content (AvgIpc) is 2.17. The highest BCUT2D eigenvalue weighted by atomic mass is 16.1. The molecule has 0 aliphatic rings. The molecule has 0 aliphatic carbocycles. The monoisotopic (exact) mass is 156 g/mol. The Kier molecular flexibility index (Phi) is 1.59. The molecule has 0 saturated carbocycles. The zero-order valence-corrected chi connectivity index (χ0v) is 6.32. The summed E-state index contributed by atoms with van der Waals surface area (Å²) in [6, 6.07) is 10.3. The van der Waals surface area contributed by atoms with Crippen molar-refractivity contribution < 1.29 is 4.79 Å². The number of fused-ring (bicyclic) bond motifs is 1. The molecule has 0 N–H and O–H groups in total. The molecule has 0 unspecified atom stereocenters. The van der Waals surface area contributed by atoms with Crippen molar-refractivity contribution in [3.63, 3.8) is 0 Å². The maximum atomic E-state index is 10.5. The van der Waals surface area contributed by atoms with Crippen LogP contribution in [0.4, 0.5) is 0 Å². The first-order chi connectivity index (χ1) is 5.92. The Hall–Kier alpha value is -1.70. The van der Waals surface area contributed by atoms with Crippen LogP contribution in [0.25, 0.3) is 10.8 Å². The van der Waals surface area contributed by atoms with Crippen LogP contribution < -0.4 is 0 Å². The van der Waals surface area contributed by atoms with Gasteiger partial charge in [-0.15, -0.1) is 0 Å². The van der Waals surface area contributed by atoms with Gasteiger partial charge in [0.25, 0.3) is 0 Å². The van der Waals surface area contributed by atoms with Gasteiger partial charge < -0.3 is 0 Å². The second kappa shape index (κ2) is 2.74. The Morgan fingerprint density at radius 2 is 2.33 bits per heavy atom. The van der Waals surface area contributed by atoms with Gasteiger partial charge in [0, 0.05) is 11.6 Å². The summed E-state index contributed by atoms with van der Waals surface area (Å²) in [5.74, 6) is 0. The van der Waals surface area contributed by atoms with E-state index in [1.165, 1.54) is 0 Å². The van der Waals surface area contributed by atoms with Gasteiger partial charge in [0.05, 0.1) is 0 Å². The fourth-order valence-electron chi connectivity index (χ4n) is 1.17. The van der Waals surface area contributed by atoms with Crippen LogP contribution in [0.3, 0.4) is 0 Å². The fourth-order valence-corrected chi connectivity index (χ4v) is 1.17. The molecule has 1 aromatic heterocycles. The molecule has 57 valence electrons. The van der Waals surface area contributed by atoms with E-state index in [-0.39, 0.29) is 0 Å². The maximum absolute atomic E-state index is 10.5. The number of rotatable bonds is 1. The Morgan fingerprint density at radius 3 is 3.17 bits per heavy atom. The number of nitrogens with zero attached hydrogens (tertiary/aromatic N) is 1. The molecule has 0 saturated heterocycles. The third-order valence-electron chi connectivity index (χ3n) is 1.75. The lowest BCUT2D eigenvalue weighted by atomic mass is 10.1. The number of pyridine rings is 1. The van der Waals surface area contributed by atoms with E-state index in [0.29, 0.717) is 5.69 Å². The quantitative estimate of drug-likeness (QED) is 0.590. The second-order valence-electron chi connectivity index (χ2n) is 2.46. The van der Waals surface area contributed by atoms with Gasteiger partial charge in [0.15, 0.2) is 6.29 Å². The minimum atomic E-state index is 0.476. The smallest absolute Gasteiger partial charge is 0.169 e. The molecular weight excluding hydrogens is 150 g/mol. The van der Waals surface area contributed by atoms with E-state index in [9.17, 15) is 4.79 Å². The summed E-state index contributed by atoms with van der Waals surface area (Å²) in [5, 5.41) is 1.88. The van der Waals surface area contributed by atoms with Crippen LogP contribution in [0.2, 0.25) is 0 Å². The molecular formula is C10H6NO. The van der Waals surface area contributed by atoms with E-state index in [0.717, 1.165) is 17.1 Å². The predicted octanol–water partition coefficient (Wildman–Crippen LogP) is 1.85. The summed E-state index contributed by atoms with van der Waals surface area (Å²) in [6.07, 6.45) is 2.39. The first-order valence-electron chi connectivity index (χ1n) is 3.62. The predicted molar refractivity (Wildman–Crippen MR) is 46.0 cm³/mol. The van der Waals surface area contributed by atoms with Gasteiger partial charge in [-0.05, 0) is 23.6 Å². The molecule has 1 radical (unpaired) electrons. The van der Waals surface area contributed by atoms with E-state index < -0.39 is 0 Å². The third-order valence-corrected chi connectivity index (χ3v) is 1.75. The molecule has 1 heterocycles. The first kappa shape index (κ1) is 6.98. The van der Waals surface area contributed by atoms with Crippen LogP contribution >= 0.6 is 0 Å². The van der Waals surface area contributed by atoms with Crippen molar-refractivity contribution in [3.8, 4) is 0 Å². The van der Waals surface area contributed by atoms with Crippen molar-refractivity contribution in [2.75, 3.05) is 0 Å². The van der Waals surface area contributed by atoms with Gasteiger partial charge in [-0.3, -0.25) is 9.78 Å². The molecule has 0 fully saturated rings. The fraction of sp³-hybridized carbons (Fsp3) is 0. The minimum absolute atomic E-state index is 0.476. The number of hydrogen-bond donors (Lipinski definition) is 0. The van der Waals surface area contributed by atoms with Crippen LogP contribution in [0.5, 0.6) is 0 Å². The lowest BCUT2D eigenvalue weighted by Crippen LogP contribution is -1.87. The molecule has 2 rings (SSSR count). The van der Waals surface area contributed by atoms with Crippen LogP contribution in [-0.4, -0.2) is 11.3 Å². The van der Waals surface area contributed by atoms with E-state index >= 15 is 0 Å². The van der Waals surface area contributed by atoms with Crippen molar-refractivity contribution in [3.05, 3.63) is 42.2 Å². The van der Waals surface area contributed by atoms with Crippen molar-refractivity contribution >= 4 is 17.1 Å². The van der Waals surface area contributed by atoms with Gasteiger partial charge in [-0.1, -0.05) is 12.1 Å². The van der Waals surface area contributed by atoms with E-state index in [1.807, 2.05) is 18.2 Å². The van der Waals surface area contributed by atoms with Gasteiger partial charge in [0.1, 0.15) is 5.69 Å². The van der Waals surface area contributed by atoms with Gasteiger partial charge in [-0.2, -0.15) is 0 Å². The van der Waals surface area contributed by atoms with E-state index in [2.05, 4.69) is 11.1 Å². The van der Waals surface area contributed by atoms with Crippen LogP contribution in [0.1, 0.15) is 10.5 Å². The van der Waals surface area contributed by atoms with Crippen molar-refractivity contribution in [1.29, 1.82) is 0 Å². The van der Waals surface area contributed by atoms with Gasteiger partial charge >= 0.3 is 0 Å². The Morgan fingerprint density at radius 1 is 1.42 bits per heavy atom. The van der Waals surface area contributed by atoms with Crippen LogP contribution in [-0.2, 0) is 0 Å².